The van der Waals surface area contributed by atoms with Crippen molar-refractivity contribution in [1.29, 1.82) is 0 Å². The number of amides is 1. The van der Waals surface area contributed by atoms with Crippen LogP contribution in [0.15, 0.2) is 16.7 Å². The van der Waals surface area contributed by atoms with Crippen LogP contribution in [0.2, 0.25) is 0 Å². The predicted molar refractivity (Wildman–Crippen MR) is 86.4 cm³/mol. The second-order valence-electron chi connectivity index (χ2n) is 5.23. The van der Waals surface area contributed by atoms with Crippen molar-refractivity contribution in [3.05, 3.63) is 39.4 Å². The molecule has 114 valence electrons. The number of halogens is 1. The van der Waals surface area contributed by atoms with Crippen LogP contribution in [0.25, 0.3) is 0 Å². The Bertz CT molecular complexity index is 672. The second kappa shape index (κ2) is 6.05. The van der Waals surface area contributed by atoms with Gasteiger partial charge in [0.2, 0.25) is 0 Å². The van der Waals surface area contributed by atoms with E-state index in [1.807, 2.05) is 56.3 Å². The Morgan fingerprint density at radius 2 is 2.14 bits per heavy atom. The normalized spacial score (nSPS) is 12.5. The highest BCUT2D eigenvalue weighted by Gasteiger charge is 2.20. The highest BCUT2D eigenvalue weighted by molar-refractivity contribution is 9.10. The molecule has 0 aliphatic carbocycles. The van der Waals surface area contributed by atoms with Gasteiger partial charge in [0.05, 0.1) is 11.7 Å². The zero-order valence-corrected chi connectivity index (χ0v) is 14.7. The summed E-state index contributed by atoms with van der Waals surface area (Å²) in [6.45, 7) is 8.75. The molecular weight excluding hydrogens is 332 g/mol. The van der Waals surface area contributed by atoms with Gasteiger partial charge in [-0.3, -0.25) is 9.48 Å². The second-order valence-corrected chi connectivity index (χ2v) is 6.15. The smallest absolute Gasteiger partial charge is 0.268 e. The number of carbonyl (C=O) groups excluding carboxylic acids is 1. The van der Waals surface area contributed by atoms with E-state index in [1.165, 1.54) is 0 Å². The molecule has 2 rings (SSSR count). The van der Waals surface area contributed by atoms with Crippen LogP contribution in [0.3, 0.4) is 0 Å². The minimum Gasteiger partial charge on any atom is -0.344 e. The lowest BCUT2D eigenvalue weighted by molar-refractivity contribution is 0.0930. The molecule has 2 aromatic rings. The molecule has 1 amide bonds. The SMILES string of the molecule is CCn1cc(Br)cc1C(=O)NC(C)c1c(C)nn(C)c1C. The third kappa shape index (κ3) is 3.05. The van der Waals surface area contributed by atoms with E-state index in [0.29, 0.717) is 5.69 Å². The Hall–Kier alpha value is -1.56. The summed E-state index contributed by atoms with van der Waals surface area (Å²) in [5.74, 6) is -0.0716. The molecule has 5 nitrogen and oxygen atoms in total. The van der Waals surface area contributed by atoms with E-state index >= 15 is 0 Å². The molecule has 6 heteroatoms. The quantitative estimate of drug-likeness (QED) is 0.918. The number of hydrogen-bond acceptors (Lipinski definition) is 2. The lowest BCUT2D eigenvalue weighted by Gasteiger charge is -2.15. The van der Waals surface area contributed by atoms with Crippen molar-refractivity contribution in [3.63, 3.8) is 0 Å². The highest BCUT2D eigenvalue weighted by atomic mass is 79.9. The van der Waals surface area contributed by atoms with Crippen molar-refractivity contribution in [3.8, 4) is 0 Å². The monoisotopic (exact) mass is 352 g/mol. The van der Waals surface area contributed by atoms with Gasteiger partial charge >= 0.3 is 0 Å². The maximum atomic E-state index is 12.5. The predicted octanol–water partition coefficient (Wildman–Crippen LogP) is 3.11. The lowest BCUT2D eigenvalue weighted by atomic mass is 10.1. The summed E-state index contributed by atoms with van der Waals surface area (Å²) in [6.07, 6.45) is 1.92. The first-order chi connectivity index (χ1) is 9.85. The van der Waals surface area contributed by atoms with Crippen molar-refractivity contribution in [2.45, 2.75) is 40.3 Å². The van der Waals surface area contributed by atoms with Gasteiger partial charge in [0.15, 0.2) is 0 Å². The van der Waals surface area contributed by atoms with Crippen LogP contribution in [0.1, 0.15) is 47.3 Å². The molecule has 2 aromatic heterocycles. The third-order valence-corrected chi connectivity index (χ3v) is 4.22. The largest absolute Gasteiger partial charge is 0.344 e. The molecule has 0 radical (unpaired) electrons. The lowest BCUT2D eigenvalue weighted by Crippen LogP contribution is -2.29. The Labute approximate surface area is 133 Å². The number of carbonyl (C=O) groups is 1. The fraction of sp³-hybridized carbons (Fsp3) is 0.467. The number of aryl methyl sites for hydroxylation is 3. The average Bonchev–Trinajstić information content (AvgIpc) is 2.90. The third-order valence-electron chi connectivity index (χ3n) is 3.78. The summed E-state index contributed by atoms with van der Waals surface area (Å²) in [5, 5.41) is 7.46. The molecule has 0 saturated carbocycles. The van der Waals surface area contributed by atoms with E-state index in [1.54, 1.807) is 0 Å². The van der Waals surface area contributed by atoms with E-state index in [4.69, 9.17) is 0 Å². The van der Waals surface area contributed by atoms with Crippen LogP contribution in [0.5, 0.6) is 0 Å². The van der Waals surface area contributed by atoms with Crippen LogP contribution in [-0.2, 0) is 13.6 Å². The molecule has 1 N–H and O–H groups in total. The van der Waals surface area contributed by atoms with E-state index in [9.17, 15) is 4.79 Å². The molecule has 0 aliphatic heterocycles. The summed E-state index contributed by atoms with van der Waals surface area (Å²) < 4.78 is 4.68. The van der Waals surface area contributed by atoms with Gasteiger partial charge in [-0.2, -0.15) is 5.10 Å². The van der Waals surface area contributed by atoms with E-state index in [0.717, 1.165) is 28.0 Å². The minimum atomic E-state index is -0.0785. The molecule has 0 fully saturated rings. The van der Waals surface area contributed by atoms with Gasteiger partial charge in [-0.15, -0.1) is 0 Å². The number of aromatic nitrogens is 3. The highest BCUT2D eigenvalue weighted by Crippen LogP contribution is 2.22. The first-order valence-electron chi connectivity index (χ1n) is 7.01. The fourth-order valence-electron chi connectivity index (χ4n) is 2.69. The van der Waals surface area contributed by atoms with Gasteiger partial charge in [-0.1, -0.05) is 0 Å². The Morgan fingerprint density at radius 1 is 1.48 bits per heavy atom. The Morgan fingerprint density at radius 3 is 2.67 bits per heavy atom. The van der Waals surface area contributed by atoms with Gasteiger partial charge in [-0.05, 0) is 49.7 Å². The zero-order valence-electron chi connectivity index (χ0n) is 13.1. The molecule has 0 saturated heterocycles. The van der Waals surface area contributed by atoms with Gasteiger partial charge in [-0.25, -0.2) is 0 Å². The van der Waals surface area contributed by atoms with E-state index < -0.39 is 0 Å². The Balaban J connectivity index is 2.22. The van der Waals surface area contributed by atoms with Crippen LogP contribution in [0.4, 0.5) is 0 Å². The molecule has 0 aliphatic rings. The standard InChI is InChI=1S/C15H21BrN4O/c1-6-20-8-12(16)7-13(20)15(21)17-9(2)14-10(3)18-19(5)11(14)4/h7-9H,6H2,1-5H3,(H,17,21). The van der Waals surface area contributed by atoms with Crippen LogP contribution < -0.4 is 5.32 Å². The van der Waals surface area contributed by atoms with Crippen molar-refractivity contribution in [2.24, 2.45) is 7.05 Å². The van der Waals surface area contributed by atoms with Gasteiger partial charge in [0.1, 0.15) is 5.69 Å². The van der Waals surface area contributed by atoms with E-state index in [-0.39, 0.29) is 11.9 Å². The molecule has 21 heavy (non-hydrogen) atoms. The summed E-state index contributed by atoms with van der Waals surface area (Å²) in [4.78, 5) is 12.5. The van der Waals surface area contributed by atoms with Crippen LogP contribution >= 0.6 is 15.9 Å². The van der Waals surface area contributed by atoms with Crippen LogP contribution in [-0.4, -0.2) is 20.3 Å². The number of hydrogen-bond donors (Lipinski definition) is 1. The van der Waals surface area contributed by atoms with E-state index in [2.05, 4.69) is 26.3 Å². The summed E-state index contributed by atoms with van der Waals surface area (Å²) >= 11 is 3.42. The minimum absolute atomic E-state index is 0.0716. The van der Waals surface area contributed by atoms with Crippen molar-refractivity contribution >= 4 is 21.8 Å². The molecule has 0 bridgehead atoms. The summed E-state index contributed by atoms with van der Waals surface area (Å²) in [6, 6.07) is 1.76. The van der Waals surface area contributed by atoms with Crippen molar-refractivity contribution in [1.82, 2.24) is 19.7 Å². The molecule has 0 spiro atoms. The number of rotatable bonds is 4. The van der Waals surface area contributed by atoms with Gasteiger partial charge in [0, 0.05) is 35.5 Å². The fourth-order valence-corrected chi connectivity index (χ4v) is 3.15. The maximum Gasteiger partial charge on any atom is 0.268 e. The Kier molecular flexibility index (Phi) is 4.56. The molecule has 2 heterocycles. The van der Waals surface area contributed by atoms with Crippen LogP contribution in [0, 0.1) is 13.8 Å². The van der Waals surface area contributed by atoms with Crippen molar-refractivity contribution in [2.75, 3.05) is 0 Å². The molecule has 0 aromatic carbocycles. The van der Waals surface area contributed by atoms with Gasteiger partial charge in [0.25, 0.3) is 5.91 Å². The summed E-state index contributed by atoms with van der Waals surface area (Å²) in [5.41, 5.74) is 3.78. The van der Waals surface area contributed by atoms with Crippen molar-refractivity contribution < 1.29 is 4.79 Å². The topological polar surface area (TPSA) is 51.9 Å². The summed E-state index contributed by atoms with van der Waals surface area (Å²) in [7, 11) is 1.92. The zero-order chi connectivity index (χ0) is 15.7. The first kappa shape index (κ1) is 15.8. The number of nitrogens with one attached hydrogen (secondary N) is 1. The van der Waals surface area contributed by atoms with Gasteiger partial charge < -0.3 is 9.88 Å². The molecular formula is C15H21BrN4O. The molecule has 1 unspecified atom stereocenters. The average molecular weight is 353 g/mol. The first-order valence-corrected chi connectivity index (χ1v) is 7.81. The maximum absolute atomic E-state index is 12.5. The number of nitrogens with zero attached hydrogens (tertiary/aromatic N) is 3. The molecule has 1 atom stereocenters.